The summed E-state index contributed by atoms with van der Waals surface area (Å²) in [6.45, 7) is 5.95. The maximum absolute atomic E-state index is 12.5. The number of hydrogen-bond acceptors (Lipinski definition) is 3. The van der Waals surface area contributed by atoms with E-state index in [1.165, 1.54) is 6.42 Å². The first-order valence-corrected chi connectivity index (χ1v) is 7.75. The topological polar surface area (TPSA) is 60.9 Å². The Morgan fingerprint density at radius 3 is 2.35 bits per heavy atom. The Balaban J connectivity index is 1.91. The number of carboxylic acid groups (broad SMARTS) is 1. The Hall–Kier alpha value is -1.10. The van der Waals surface area contributed by atoms with Crippen LogP contribution in [0.3, 0.4) is 0 Å². The predicted octanol–water partition coefficient (Wildman–Crippen LogP) is 1.57. The van der Waals surface area contributed by atoms with Crippen LogP contribution in [-0.4, -0.2) is 58.5 Å². The smallest absolute Gasteiger partial charge is 0.307 e. The minimum absolute atomic E-state index is 0.163. The van der Waals surface area contributed by atoms with Crippen LogP contribution >= 0.6 is 0 Å². The van der Waals surface area contributed by atoms with Crippen molar-refractivity contribution in [2.45, 2.75) is 58.0 Å². The Kier molecular flexibility index (Phi) is 5.02. The first-order valence-electron chi connectivity index (χ1n) is 7.75. The number of likely N-dealkylation sites (tertiary alicyclic amines) is 2. The fourth-order valence-corrected chi connectivity index (χ4v) is 3.59. The molecular weight excluding hydrogens is 256 g/mol. The molecule has 5 heteroatoms. The second-order valence-electron chi connectivity index (χ2n) is 6.34. The van der Waals surface area contributed by atoms with Gasteiger partial charge >= 0.3 is 5.97 Å². The minimum Gasteiger partial charge on any atom is -0.481 e. The lowest BCUT2D eigenvalue weighted by molar-refractivity contribution is -0.146. The van der Waals surface area contributed by atoms with Gasteiger partial charge in [-0.05, 0) is 52.5 Å². The van der Waals surface area contributed by atoms with Crippen LogP contribution in [0, 0.1) is 5.92 Å². The van der Waals surface area contributed by atoms with E-state index < -0.39 is 5.97 Å². The van der Waals surface area contributed by atoms with E-state index in [0.29, 0.717) is 25.2 Å². The van der Waals surface area contributed by atoms with E-state index >= 15 is 0 Å². The van der Waals surface area contributed by atoms with E-state index in [4.69, 9.17) is 5.11 Å². The van der Waals surface area contributed by atoms with Crippen molar-refractivity contribution in [1.82, 2.24) is 9.80 Å². The lowest BCUT2D eigenvalue weighted by atomic mass is 9.96. The van der Waals surface area contributed by atoms with Crippen molar-refractivity contribution in [2.24, 2.45) is 5.92 Å². The third kappa shape index (κ3) is 3.51. The van der Waals surface area contributed by atoms with E-state index in [2.05, 4.69) is 13.8 Å². The average molecular weight is 282 g/mol. The molecule has 2 saturated heterocycles. The zero-order valence-corrected chi connectivity index (χ0v) is 12.5. The normalized spacial score (nSPS) is 32.1. The summed E-state index contributed by atoms with van der Waals surface area (Å²) in [5, 5.41) is 9.10. The highest BCUT2D eigenvalue weighted by Crippen LogP contribution is 2.23. The monoisotopic (exact) mass is 282 g/mol. The van der Waals surface area contributed by atoms with Gasteiger partial charge in [0.25, 0.3) is 0 Å². The Morgan fingerprint density at radius 2 is 1.75 bits per heavy atom. The summed E-state index contributed by atoms with van der Waals surface area (Å²) in [7, 11) is 0. The van der Waals surface area contributed by atoms with Crippen LogP contribution in [0.25, 0.3) is 0 Å². The van der Waals surface area contributed by atoms with Gasteiger partial charge in [-0.15, -0.1) is 0 Å². The molecule has 3 unspecified atom stereocenters. The number of piperidine rings is 2. The molecule has 3 atom stereocenters. The lowest BCUT2D eigenvalue weighted by Crippen LogP contribution is -2.52. The molecule has 2 fully saturated rings. The van der Waals surface area contributed by atoms with Crippen LogP contribution in [0.2, 0.25) is 0 Å². The molecule has 2 aliphatic rings. The average Bonchev–Trinajstić information content (AvgIpc) is 2.38. The van der Waals surface area contributed by atoms with Crippen molar-refractivity contribution in [3.63, 3.8) is 0 Å². The third-order valence-electron chi connectivity index (χ3n) is 4.70. The highest BCUT2D eigenvalue weighted by Gasteiger charge is 2.32. The van der Waals surface area contributed by atoms with Gasteiger partial charge in [0, 0.05) is 18.6 Å². The molecule has 0 saturated carbocycles. The fraction of sp³-hybridized carbons (Fsp3) is 0.867. The summed E-state index contributed by atoms with van der Waals surface area (Å²) in [5.41, 5.74) is 0. The highest BCUT2D eigenvalue weighted by atomic mass is 16.4. The number of carbonyl (C=O) groups is 2. The molecule has 0 aromatic heterocycles. The van der Waals surface area contributed by atoms with Crippen molar-refractivity contribution >= 4 is 11.9 Å². The van der Waals surface area contributed by atoms with Crippen LogP contribution < -0.4 is 0 Å². The largest absolute Gasteiger partial charge is 0.481 e. The SMILES string of the molecule is CC1CCCC(C)N1C(=O)CN1CCCC(C(=O)O)C1. The zero-order chi connectivity index (χ0) is 14.7. The molecule has 0 spiro atoms. The van der Waals surface area contributed by atoms with Gasteiger partial charge in [0.1, 0.15) is 0 Å². The number of nitrogens with zero attached hydrogens (tertiary/aromatic N) is 2. The van der Waals surface area contributed by atoms with Crippen molar-refractivity contribution < 1.29 is 14.7 Å². The van der Waals surface area contributed by atoms with Crippen LogP contribution in [-0.2, 0) is 9.59 Å². The van der Waals surface area contributed by atoms with E-state index in [0.717, 1.165) is 32.2 Å². The van der Waals surface area contributed by atoms with Crippen molar-refractivity contribution in [3.8, 4) is 0 Å². The minimum atomic E-state index is -0.734. The summed E-state index contributed by atoms with van der Waals surface area (Å²) in [6, 6.07) is 0.623. The van der Waals surface area contributed by atoms with Gasteiger partial charge in [0.2, 0.25) is 5.91 Å². The van der Waals surface area contributed by atoms with Gasteiger partial charge < -0.3 is 10.0 Å². The Labute approximate surface area is 120 Å². The molecule has 1 amide bonds. The molecule has 5 nitrogen and oxygen atoms in total. The molecular formula is C15H26N2O3. The molecule has 2 aliphatic heterocycles. The summed E-state index contributed by atoms with van der Waals surface area (Å²) in [5.74, 6) is -0.884. The summed E-state index contributed by atoms with van der Waals surface area (Å²) < 4.78 is 0. The van der Waals surface area contributed by atoms with Crippen LogP contribution in [0.1, 0.15) is 46.0 Å². The quantitative estimate of drug-likeness (QED) is 0.853. The highest BCUT2D eigenvalue weighted by molar-refractivity contribution is 5.79. The fourth-order valence-electron chi connectivity index (χ4n) is 3.59. The van der Waals surface area contributed by atoms with Gasteiger partial charge in [0.15, 0.2) is 0 Å². The molecule has 1 N–H and O–H groups in total. The van der Waals surface area contributed by atoms with Gasteiger partial charge in [0.05, 0.1) is 12.5 Å². The second kappa shape index (κ2) is 6.57. The lowest BCUT2D eigenvalue weighted by Gasteiger charge is -2.41. The number of carbonyl (C=O) groups excluding carboxylic acids is 1. The predicted molar refractivity (Wildman–Crippen MR) is 76.4 cm³/mol. The van der Waals surface area contributed by atoms with Gasteiger partial charge in [-0.25, -0.2) is 0 Å². The van der Waals surface area contributed by atoms with Gasteiger partial charge in [-0.3, -0.25) is 14.5 Å². The van der Waals surface area contributed by atoms with Crippen molar-refractivity contribution in [1.29, 1.82) is 0 Å². The molecule has 2 rings (SSSR count). The molecule has 0 aromatic carbocycles. The Morgan fingerprint density at radius 1 is 1.10 bits per heavy atom. The number of hydrogen-bond donors (Lipinski definition) is 1. The molecule has 0 bridgehead atoms. The molecule has 2 heterocycles. The number of rotatable bonds is 3. The van der Waals surface area contributed by atoms with E-state index in [9.17, 15) is 9.59 Å². The van der Waals surface area contributed by atoms with Crippen molar-refractivity contribution in [2.75, 3.05) is 19.6 Å². The number of carboxylic acids is 1. The molecule has 0 aliphatic carbocycles. The van der Waals surface area contributed by atoms with E-state index in [1.54, 1.807) is 0 Å². The second-order valence-corrected chi connectivity index (χ2v) is 6.34. The number of aliphatic carboxylic acids is 1. The van der Waals surface area contributed by atoms with Gasteiger partial charge in [-0.1, -0.05) is 0 Å². The van der Waals surface area contributed by atoms with Gasteiger partial charge in [-0.2, -0.15) is 0 Å². The first kappa shape index (κ1) is 15.3. The summed E-state index contributed by atoms with van der Waals surface area (Å²) in [4.78, 5) is 27.6. The van der Waals surface area contributed by atoms with E-state index in [1.807, 2.05) is 9.80 Å². The van der Waals surface area contributed by atoms with Crippen molar-refractivity contribution in [3.05, 3.63) is 0 Å². The number of amides is 1. The molecule has 114 valence electrons. The molecule has 20 heavy (non-hydrogen) atoms. The maximum atomic E-state index is 12.5. The van der Waals surface area contributed by atoms with E-state index in [-0.39, 0.29) is 11.8 Å². The zero-order valence-electron chi connectivity index (χ0n) is 12.5. The summed E-state index contributed by atoms with van der Waals surface area (Å²) >= 11 is 0. The van der Waals surface area contributed by atoms with Crippen LogP contribution in [0.4, 0.5) is 0 Å². The first-order chi connectivity index (χ1) is 9.49. The van der Waals surface area contributed by atoms with Crippen LogP contribution in [0.15, 0.2) is 0 Å². The Bertz CT molecular complexity index is 362. The maximum Gasteiger partial charge on any atom is 0.307 e. The molecule has 0 radical (unpaired) electrons. The standard InChI is InChI=1S/C15H26N2O3/c1-11-5-3-6-12(2)17(11)14(18)10-16-8-4-7-13(9-16)15(19)20/h11-13H,3-10H2,1-2H3,(H,19,20). The third-order valence-corrected chi connectivity index (χ3v) is 4.70. The van der Waals surface area contributed by atoms with Crippen LogP contribution in [0.5, 0.6) is 0 Å². The molecule has 0 aromatic rings. The summed E-state index contributed by atoms with van der Waals surface area (Å²) in [6.07, 6.45) is 4.95.